The molecule has 0 radical (unpaired) electrons. The highest BCUT2D eigenvalue weighted by atomic mass is 35.5. The molecule has 1 N–H and O–H groups in total. The van der Waals surface area contributed by atoms with Crippen LogP contribution in [0.2, 0.25) is 5.02 Å². The van der Waals surface area contributed by atoms with Crippen molar-refractivity contribution in [3.05, 3.63) is 77.7 Å². The highest BCUT2D eigenvalue weighted by Gasteiger charge is 2.31. The predicted molar refractivity (Wildman–Crippen MR) is 104 cm³/mol. The van der Waals surface area contributed by atoms with Gasteiger partial charge in [0.1, 0.15) is 22.9 Å². The molecule has 0 aliphatic rings. The molecular weight excluding hydrogens is 405 g/mol. The second kappa shape index (κ2) is 7.56. The van der Waals surface area contributed by atoms with Crippen molar-refractivity contribution >= 4 is 34.0 Å². The zero-order valence-electron chi connectivity index (χ0n) is 14.6. The molecule has 146 valence electrons. The van der Waals surface area contributed by atoms with Gasteiger partial charge in [-0.25, -0.2) is 15.0 Å². The van der Waals surface area contributed by atoms with Crippen LogP contribution < -0.4 is 10.1 Å². The van der Waals surface area contributed by atoms with Crippen LogP contribution in [-0.2, 0) is 6.18 Å². The number of aromatic nitrogens is 3. The molecule has 0 saturated heterocycles. The Bertz CT molecular complexity index is 1160. The monoisotopic (exact) mass is 416 g/mol. The lowest BCUT2D eigenvalue weighted by atomic mass is 10.2. The van der Waals surface area contributed by atoms with Gasteiger partial charge in [-0.05, 0) is 42.5 Å². The van der Waals surface area contributed by atoms with E-state index in [0.717, 1.165) is 22.7 Å². The third-order valence-electron chi connectivity index (χ3n) is 4.01. The first kappa shape index (κ1) is 18.9. The summed E-state index contributed by atoms with van der Waals surface area (Å²) in [6, 6.07) is 15.1. The van der Waals surface area contributed by atoms with Gasteiger partial charge in [-0.1, -0.05) is 23.7 Å². The first-order chi connectivity index (χ1) is 13.9. The summed E-state index contributed by atoms with van der Waals surface area (Å²) in [5.74, 6) is 0.913. The normalized spacial score (nSPS) is 11.4. The predicted octanol–water partition coefficient (Wildman–Crippen LogP) is 6.23. The van der Waals surface area contributed by atoms with Crippen molar-refractivity contribution in [1.29, 1.82) is 0 Å². The van der Waals surface area contributed by atoms with Gasteiger partial charge in [-0.15, -0.1) is 0 Å². The number of benzene rings is 2. The first-order valence-electron chi connectivity index (χ1n) is 8.37. The molecule has 29 heavy (non-hydrogen) atoms. The van der Waals surface area contributed by atoms with Crippen LogP contribution in [0.25, 0.3) is 10.9 Å². The van der Waals surface area contributed by atoms with Crippen LogP contribution >= 0.6 is 11.6 Å². The van der Waals surface area contributed by atoms with Crippen LogP contribution in [0.5, 0.6) is 11.6 Å². The average Bonchev–Trinajstić information content (AvgIpc) is 2.70. The van der Waals surface area contributed by atoms with E-state index in [1.807, 2.05) is 24.3 Å². The van der Waals surface area contributed by atoms with Crippen molar-refractivity contribution in [1.82, 2.24) is 15.0 Å². The molecule has 0 aliphatic carbocycles. The number of alkyl halides is 3. The minimum Gasteiger partial charge on any atom is -0.438 e. The van der Waals surface area contributed by atoms with Crippen molar-refractivity contribution in [2.24, 2.45) is 0 Å². The van der Waals surface area contributed by atoms with Crippen molar-refractivity contribution in [3.8, 4) is 11.6 Å². The minimum absolute atomic E-state index is 0.109. The smallest absolute Gasteiger partial charge is 0.417 e. The van der Waals surface area contributed by atoms with Gasteiger partial charge >= 0.3 is 6.18 Å². The van der Waals surface area contributed by atoms with E-state index < -0.39 is 11.7 Å². The fourth-order valence-corrected chi connectivity index (χ4v) is 2.82. The maximum absolute atomic E-state index is 12.7. The molecule has 0 fully saturated rings. The van der Waals surface area contributed by atoms with Crippen LogP contribution in [0.15, 0.2) is 67.1 Å². The standard InChI is InChI=1S/C20H12ClF3N4O/c21-16-9-12(20(22,23)24)10-25-19(16)29-14-7-5-13(6-8-14)28-18-15-3-1-2-4-17(15)26-11-27-18/h1-11H,(H,26,27,28). The van der Waals surface area contributed by atoms with Crippen LogP contribution in [0.4, 0.5) is 24.7 Å². The zero-order chi connectivity index (χ0) is 20.4. The van der Waals surface area contributed by atoms with Crippen LogP contribution in [-0.4, -0.2) is 15.0 Å². The Labute approximate surface area is 168 Å². The lowest BCUT2D eigenvalue weighted by molar-refractivity contribution is -0.137. The Morgan fingerprint density at radius 3 is 2.41 bits per heavy atom. The minimum atomic E-state index is -4.52. The van der Waals surface area contributed by atoms with Gasteiger partial charge in [0, 0.05) is 17.3 Å². The molecule has 0 bridgehead atoms. The Balaban J connectivity index is 1.51. The number of anilines is 2. The van der Waals surface area contributed by atoms with E-state index in [4.69, 9.17) is 16.3 Å². The summed E-state index contributed by atoms with van der Waals surface area (Å²) < 4.78 is 43.6. The Hall–Kier alpha value is -3.39. The Morgan fingerprint density at radius 1 is 0.931 bits per heavy atom. The molecule has 9 heteroatoms. The molecular formula is C20H12ClF3N4O. The van der Waals surface area contributed by atoms with Crippen LogP contribution in [0, 0.1) is 0 Å². The third-order valence-corrected chi connectivity index (χ3v) is 4.28. The SMILES string of the molecule is FC(F)(F)c1cnc(Oc2ccc(Nc3ncnc4ccccc34)cc2)c(Cl)c1. The summed E-state index contributed by atoms with van der Waals surface area (Å²) in [5, 5.41) is 3.84. The molecule has 2 aromatic carbocycles. The molecule has 0 atom stereocenters. The quantitative estimate of drug-likeness (QED) is 0.427. The summed E-state index contributed by atoms with van der Waals surface area (Å²) in [4.78, 5) is 12.1. The van der Waals surface area contributed by atoms with E-state index in [1.165, 1.54) is 6.33 Å². The van der Waals surface area contributed by atoms with E-state index in [1.54, 1.807) is 24.3 Å². The Morgan fingerprint density at radius 2 is 1.69 bits per heavy atom. The molecule has 2 heterocycles. The molecule has 0 amide bonds. The van der Waals surface area contributed by atoms with Gasteiger partial charge in [0.25, 0.3) is 0 Å². The number of nitrogens with one attached hydrogen (secondary N) is 1. The molecule has 0 unspecified atom stereocenters. The molecule has 0 aliphatic heterocycles. The highest BCUT2D eigenvalue weighted by molar-refractivity contribution is 6.31. The van der Waals surface area contributed by atoms with E-state index in [2.05, 4.69) is 20.3 Å². The first-order valence-corrected chi connectivity index (χ1v) is 8.75. The summed E-state index contributed by atoms with van der Waals surface area (Å²) >= 11 is 5.87. The van der Waals surface area contributed by atoms with E-state index in [-0.39, 0.29) is 10.9 Å². The summed E-state index contributed by atoms with van der Waals surface area (Å²) in [7, 11) is 0. The maximum Gasteiger partial charge on any atom is 0.417 e. The molecule has 4 aromatic rings. The summed E-state index contributed by atoms with van der Waals surface area (Å²) in [6.45, 7) is 0. The van der Waals surface area contributed by atoms with Gasteiger partial charge in [0.2, 0.25) is 5.88 Å². The van der Waals surface area contributed by atoms with Crippen LogP contribution in [0.3, 0.4) is 0 Å². The van der Waals surface area contributed by atoms with E-state index in [0.29, 0.717) is 17.8 Å². The summed E-state index contributed by atoms with van der Waals surface area (Å²) in [5.41, 5.74) is 0.618. The second-order valence-corrected chi connectivity index (χ2v) is 6.41. The number of ether oxygens (including phenoxy) is 1. The second-order valence-electron chi connectivity index (χ2n) is 6.00. The molecule has 0 spiro atoms. The van der Waals surface area contributed by atoms with Gasteiger partial charge in [-0.2, -0.15) is 13.2 Å². The van der Waals surface area contributed by atoms with E-state index in [9.17, 15) is 13.2 Å². The summed E-state index contributed by atoms with van der Waals surface area (Å²) in [6.07, 6.45) is -2.37. The van der Waals surface area contributed by atoms with Crippen molar-refractivity contribution in [2.75, 3.05) is 5.32 Å². The zero-order valence-corrected chi connectivity index (χ0v) is 15.4. The van der Waals surface area contributed by atoms with Crippen LogP contribution in [0.1, 0.15) is 5.56 Å². The van der Waals surface area contributed by atoms with Gasteiger partial charge < -0.3 is 10.1 Å². The molecule has 2 aromatic heterocycles. The number of hydrogen-bond donors (Lipinski definition) is 1. The molecule has 4 rings (SSSR count). The van der Waals surface area contributed by atoms with Crippen molar-refractivity contribution < 1.29 is 17.9 Å². The lowest BCUT2D eigenvalue weighted by Crippen LogP contribution is -2.05. The number of nitrogens with zero attached hydrogens (tertiary/aromatic N) is 3. The number of para-hydroxylation sites is 1. The average molecular weight is 417 g/mol. The molecule has 5 nitrogen and oxygen atoms in total. The maximum atomic E-state index is 12.7. The lowest BCUT2D eigenvalue weighted by Gasteiger charge is -2.11. The number of halogens is 4. The number of rotatable bonds is 4. The van der Waals surface area contributed by atoms with Gasteiger partial charge in [0.05, 0.1) is 11.1 Å². The Kier molecular flexibility index (Phi) is 4.94. The molecule has 0 saturated carbocycles. The number of fused-ring (bicyclic) bond motifs is 1. The third kappa shape index (κ3) is 4.22. The number of pyridine rings is 1. The number of hydrogen-bond acceptors (Lipinski definition) is 5. The van der Waals surface area contributed by atoms with Crippen molar-refractivity contribution in [3.63, 3.8) is 0 Å². The topological polar surface area (TPSA) is 59.9 Å². The largest absolute Gasteiger partial charge is 0.438 e. The van der Waals surface area contributed by atoms with E-state index >= 15 is 0 Å². The fourth-order valence-electron chi connectivity index (χ4n) is 2.61. The van der Waals surface area contributed by atoms with Gasteiger partial charge in [-0.3, -0.25) is 0 Å². The fraction of sp³-hybridized carbons (Fsp3) is 0.0500. The van der Waals surface area contributed by atoms with Gasteiger partial charge in [0.15, 0.2) is 0 Å². The van der Waals surface area contributed by atoms with Crippen molar-refractivity contribution in [2.45, 2.75) is 6.18 Å². The highest BCUT2D eigenvalue weighted by Crippen LogP contribution is 2.35.